The Hall–Kier alpha value is 0.358. The first-order valence-corrected chi connectivity index (χ1v) is 4.19. The minimum absolute atomic E-state index is 0. The van der Waals surface area contributed by atoms with E-state index < -0.39 is 0 Å². The molecule has 1 aliphatic carbocycles. The van der Waals surface area contributed by atoms with Crippen LogP contribution in [0.3, 0.4) is 0 Å². The second kappa shape index (κ2) is 7.98. The molecule has 1 fully saturated rings. The van der Waals surface area contributed by atoms with Crippen LogP contribution < -0.4 is 0 Å². The average molecular weight is 338 g/mol. The Kier molecular flexibility index (Phi) is 9.88. The van der Waals surface area contributed by atoms with Crippen molar-refractivity contribution in [3.63, 3.8) is 0 Å². The van der Waals surface area contributed by atoms with Crippen molar-refractivity contribution in [1.29, 1.82) is 0 Å². The summed E-state index contributed by atoms with van der Waals surface area (Å²) in [6.07, 6.45) is 7.52. The first kappa shape index (κ1) is 14.9. The summed E-state index contributed by atoms with van der Waals surface area (Å²) < 4.78 is 0. The van der Waals surface area contributed by atoms with Crippen LogP contribution in [0.1, 0.15) is 39.0 Å². The smallest absolute Gasteiger partial charge is 0.358 e. The third-order valence-electron chi connectivity index (χ3n) is 2.24. The van der Waals surface area contributed by atoms with Gasteiger partial charge in [0.15, 0.2) is 0 Å². The maximum absolute atomic E-state index is 11.2. The zero-order chi connectivity index (χ0) is 7.40. The van der Waals surface area contributed by atoms with Crippen LogP contribution >= 0.6 is 0 Å². The van der Waals surface area contributed by atoms with Gasteiger partial charge in [-0.15, -0.1) is 0 Å². The van der Waals surface area contributed by atoms with Crippen molar-refractivity contribution in [2.24, 2.45) is 5.92 Å². The third-order valence-corrected chi connectivity index (χ3v) is 2.24. The van der Waals surface area contributed by atoms with Gasteiger partial charge in [0.1, 0.15) is 5.78 Å². The minimum atomic E-state index is 0. The third kappa shape index (κ3) is 4.40. The van der Waals surface area contributed by atoms with Gasteiger partial charge in [0.2, 0.25) is 0 Å². The quantitative estimate of drug-likeness (QED) is 0.708. The summed E-state index contributed by atoms with van der Waals surface area (Å²) in [5, 5.41) is 0. The van der Waals surface area contributed by atoms with Crippen molar-refractivity contribution in [3.8, 4) is 0 Å². The first-order chi connectivity index (χ1) is 4.84. The SMILES string of the molecule is CCC(=O)C1CC[CH-]CC1.[CH3-].[W+2]. The molecule has 0 heterocycles. The van der Waals surface area contributed by atoms with E-state index in [1.807, 2.05) is 6.92 Å². The minimum Gasteiger partial charge on any atom is -0.358 e. The van der Waals surface area contributed by atoms with Crippen molar-refractivity contribution in [2.75, 3.05) is 0 Å². The standard InChI is InChI=1S/C9H15O.CH3.W/c1-2-9(10)8-6-4-3-5-7-8;;/h3,8H,2,4-7H2,1H3;1H3;/q2*-1;+2. The molecule has 2 heteroatoms. The van der Waals surface area contributed by atoms with E-state index in [1.165, 1.54) is 0 Å². The molecule has 0 radical (unpaired) electrons. The molecule has 0 aliphatic heterocycles. The zero-order valence-corrected chi connectivity index (χ0v) is 10.9. The van der Waals surface area contributed by atoms with Gasteiger partial charge in [-0.1, -0.05) is 19.8 Å². The van der Waals surface area contributed by atoms with E-state index in [4.69, 9.17) is 0 Å². The molecule has 1 rings (SSSR count). The topological polar surface area (TPSA) is 17.1 Å². The van der Waals surface area contributed by atoms with Crippen LogP contribution in [0.25, 0.3) is 0 Å². The van der Waals surface area contributed by atoms with Crippen molar-refractivity contribution in [1.82, 2.24) is 0 Å². The maximum Gasteiger partial charge on any atom is 2.00 e. The molecule has 12 heavy (non-hydrogen) atoms. The van der Waals surface area contributed by atoms with E-state index in [1.54, 1.807) is 0 Å². The summed E-state index contributed by atoms with van der Waals surface area (Å²) in [5.41, 5.74) is 0. The van der Waals surface area contributed by atoms with Gasteiger partial charge in [-0.25, -0.2) is 0 Å². The molecular weight excluding hydrogens is 320 g/mol. The van der Waals surface area contributed by atoms with E-state index in [0.29, 0.717) is 11.7 Å². The number of ketones is 1. The summed E-state index contributed by atoms with van der Waals surface area (Å²) in [5.74, 6) is 0.864. The molecule has 1 nitrogen and oxygen atoms in total. The van der Waals surface area contributed by atoms with Crippen molar-refractivity contribution < 1.29 is 25.9 Å². The van der Waals surface area contributed by atoms with Gasteiger partial charge in [-0.3, -0.25) is 4.79 Å². The fourth-order valence-electron chi connectivity index (χ4n) is 1.54. The molecule has 0 aromatic rings. The van der Waals surface area contributed by atoms with Crippen LogP contribution in [0.4, 0.5) is 0 Å². The predicted octanol–water partition coefficient (Wildman–Crippen LogP) is 2.81. The van der Waals surface area contributed by atoms with Crippen LogP contribution in [-0.2, 0) is 25.9 Å². The molecule has 0 unspecified atom stereocenters. The normalized spacial score (nSPS) is 17.4. The van der Waals surface area contributed by atoms with Gasteiger partial charge in [0.25, 0.3) is 0 Å². The second-order valence-corrected chi connectivity index (χ2v) is 2.96. The number of rotatable bonds is 2. The van der Waals surface area contributed by atoms with Crippen molar-refractivity contribution >= 4 is 5.78 Å². The van der Waals surface area contributed by atoms with E-state index >= 15 is 0 Å². The van der Waals surface area contributed by atoms with Crippen LogP contribution in [0, 0.1) is 19.8 Å². The van der Waals surface area contributed by atoms with E-state index in [2.05, 4.69) is 6.42 Å². The molecule has 1 saturated carbocycles. The molecule has 1 aliphatic rings. The van der Waals surface area contributed by atoms with Crippen LogP contribution in [0.15, 0.2) is 0 Å². The molecule has 0 atom stereocenters. The predicted molar refractivity (Wildman–Crippen MR) is 48.0 cm³/mol. The van der Waals surface area contributed by atoms with E-state index in [-0.39, 0.29) is 28.5 Å². The number of hydrogen-bond donors (Lipinski definition) is 0. The summed E-state index contributed by atoms with van der Waals surface area (Å²) in [4.78, 5) is 11.2. The Labute approximate surface area is 90.6 Å². The molecule has 0 bridgehead atoms. The van der Waals surface area contributed by atoms with Gasteiger partial charge in [-0.2, -0.15) is 12.8 Å². The molecule has 0 aromatic carbocycles. The molecule has 0 spiro atoms. The van der Waals surface area contributed by atoms with Crippen molar-refractivity contribution in [3.05, 3.63) is 13.8 Å². The monoisotopic (exact) mass is 338 g/mol. The number of hydrogen-bond acceptors (Lipinski definition) is 1. The Morgan fingerprint density at radius 1 is 1.42 bits per heavy atom. The van der Waals surface area contributed by atoms with Gasteiger partial charge in [0.05, 0.1) is 0 Å². The molecule has 0 saturated heterocycles. The average Bonchev–Trinajstić information content (AvgIpc) is 2.05. The summed E-state index contributed by atoms with van der Waals surface area (Å²) in [6.45, 7) is 1.96. The zero-order valence-electron chi connectivity index (χ0n) is 8.01. The number of carbonyl (C=O) groups excluding carboxylic acids is 1. The van der Waals surface area contributed by atoms with Crippen LogP contribution in [-0.4, -0.2) is 5.78 Å². The Bertz CT molecular complexity index is 117. The van der Waals surface area contributed by atoms with Crippen LogP contribution in [0.2, 0.25) is 0 Å². The van der Waals surface area contributed by atoms with Crippen LogP contribution in [0.5, 0.6) is 0 Å². The number of Topliss-reactive ketones (excluding diaryl/α,β-unsaturated/α-hetero) is 1. The van der Waals surface area contributed by atoms with E-state index in [0.717, 1.165) is 32.1 Å². The molecule has 0 aromatic heterocycles. The molecular formula is C10H18OW. The Balaban J connectivity index is 0. The Morgan fingerprint density at radius 2 is 1.92 bits per heavy atom. The molecule has 70 valence electrons. The van der Waals surface area contributed by atoms with Gasteiger partial charge < -0.3 is 13.8 Å². The second-order valence-electron chi connectivity index (χ2n) is 2.96. The van der Waals surface area contributed by atoms with Gasteiger partial charge >= 0.3 is 21.1 Å². The largest absolute Gasteiger partial charge is 2.00 e. The molecule has 0 amide bonds. The van der Waals surface area contributed by atoms with E-state index in [9.17, 15) is 4.79 Å². The first-order valence-electron chi connectivity index (χ1n) is 4.19. The fourth-order valence-corrected chi connectivity index (χ4v) is 1.54. The summed E-state index contributed by atoms with van der Waals surface area (Å²) >= 11 is 0. The summed E-state index contributed by atoms with van der Waals surface area (Å²) in [7, 11) is 0. The van der Waals surface area contributed by atoms with Gasteiger partial charge in [-0.05, 0) is 0 Å². The van der Waals surface area contributed by atoms with Crippen molar-refractivity contribution in [2.45, 2.75) is 39.0 Å². The van der Waals surface area contributed by atoms with Gasteiger partial charge in [0, 0.05) is 12.3 Å². The Morgan fingerprint density at radius 3 is 2.33 bits per heavy atom. The maximum atomic E-state index is 11.2. The summed E-state index contributed by atoms with van der Waals surface area (Å²) in [6, 6.07) is 0. The molecule has 0 N–H and O–H groups in total. The fraction of sp³-hybridized carbons (Fsp3) is 0.700. The number of carbonyl (C=O) groups is 1.